The van der Waals surface area contributed by atoms with Crippen LogP contribution in [0.4, 0.5) is 8.78 Å². The van der Waals surface area contributed by atoms with Crippen molar-refractivity contribution in [3.05, 3.63) is 27.9 Å². The topological polar surface area (TPSA) is 83.9 Å². The molecule has 0 bridgehead atoms. The fraction of sp³-hybridized carbons (Fsp3) is 0.529. The van der Waals surface area contributed by atoms with Crippen molar-refractivity contribution in [3.8, 4) is 0 Å². The Morgan fingerprint density at radius 1 is 1.48 bits per heavy atom. The second-order valence-electron chi connectivity index (χ2n) is 6.59. The third-order valence-corrected chi connectivity index (χ3v) is 5.35. The van der Waals surface area contributed by atoms with Crippen molar-refractivity contribution in [2.24, 2.45) is 4.99 Å². The summed E-state index contributed by atoms with van der Waals surface area (Å²) >= 11 is 1.37. The van der Waals surface area contributed by atoms with Crippen molar-refractivity contribution >= 4 is 28.9 Å². The van der Waals surface area contributed by atoms with Gasteiger partial charge in [0.1, 0.15) is 5.78 Å². The quantitative estimate of drug-likeness (QED) is 0.759. The van der Waals surface area contributed by atoms with E-state index in [2.05, 4.69) is 15.3 Å². The number of hydrogen-bond acceptors (Lipinski definition) is 8. The van der Waals surface area contributed by atoms with Crippen molar-refractivity contribution in [2.45, 2.75) is 38.3 Å². The molecule has 2 aliphatic heterocycles. The number of nitrogens with zero attached hydrogens (tertiary/aromatic N) is 3. The van der Waals surface area contributed by atoms with E-state index in [1.165, 1.54) is 30.3 Å². The molecule has 1 aromatic heterocycles. The SMILES string of the molecule is COC(=O)C1=C(CN2CC(F)(F)CC2C(C)=O)NC(c2nccs2)=NC1C. The van der Waals surface area contributed by atoms with Gasteiger partial charge in [0.25, 0.3) is 5.92 Å². The molecule has 3 heterocycles. The first-order valence-electron chi connectivity index (χ1n) is 8.40. The number of ketones is 1. The fourth-order valence-corrected chi connectivity index (χ4v) is 3.97. The number of Topliss-reactive ketones (excluding diaryl/α,β-unsaturated/α-hetero) is 1. The molecule has 0 saturated carbocycles. The number of halogens is 2. The number of carbonyl (C=O) groups is 2. The summed E-state index contributed by atoms with van der Waals surface area (Å²) < 4.78 is 32.7. The molecule has 1 saturated heterocycles. The van der Waals surface area contributed by atoms with Gasteiger partial charge in [-0.15, -0.1) is 11.3 Å². The number of aromatic nitrogens is 1. The normalized spacial score (nSPS) is 25.1. The molecular formula is C17H20F2N4O3S. The zero-order chi connectivity index (χ0) is 19.8. The van der Waals surface area contributed by atoms with E-state index in [9.17, 15) is 18.4 Å². The number of thiazole rings is 1. The molecule has 0 aromatic carbocycles. The monoisotopic (exact) mass is 398 g/mol. The van der Waals surface area contributed by atoms with Crippen LogP contribution in [0.5, 0.6) is 0 Å². The maximum atomic E-state index is 13.9. The number of carbonyl (C=O) groups excluding carboxylic acids is 2. The lowest BCUT2D eigenvalue weighted by Crippen LogP contribution is -2.43. The Kier molecular flexibility index (Phi) is 5.38. The molecule has 0 amide bonds. The van der Waals surface area contributed by atoms with Crippen LogP contribution >= 0.6 is 11.3 Å². The molecule has 10 heteroatoms. The molecule has 146 valence electrons. The Bertz CT molecular complexity index is 807. The largest absolute Gasteiger partial charge is 0.466 e. The first-order chi connectivity index (χ1) is 12.7. The van der Waals surface area contributed by atoms with E-state index in [-0.39, 0.29) is 17.9 Å². The first kappa shape index (κ1) is 19.6. The average Bonchev–Trinajstić information content (AvgIpc) is 3.21. The van der Waals surface area contributed by atoms with Gasteiger partial charge in [-0.1, -0.05) is 0 Å². The molecule has 0 aliphatic carbocycles. The van der Waals surface area contributed by atoms with E-state index in [1.807, 2.05) is 0 Å². The molecule has 2 atom stereocenters. The number of esters is 1. The van der Waals surface area contributed by atoms with Crippen LogP contribution in [-0.4, -0.2) is 65.7 Å². The molecule has 1 aromatic rings. The fourth-order valence-electron chi connectivity index (χ4n) is 3.38. The third kappa shape index (κ3) is 4.06. The van der Waals surface area contributed by atoms with Crippen molar-refractivity contribution in [1.29, 1.82) is 0 Å². The van der Waals surface area contributed by atoms with E-state index < -0.39 is 36.9 Å². The summed E-state index contributed by atoms with van der Waals surface area (Å²) in [6, 6.07) is -1.43. The highest BCUT2D eigenvalue weighted by Gasteiger charge is 2.47. The van der Waals surface area contributed by atoms with Gasteiger partial charge < -0.3 is 10.1 Å². The number of methoxy groups -OCH3 is 1. The Morgan fingerprint density at radius 2 is 2.22 bits per heavy atom. The van der Waals surface area contributed by atoms with E-state index in [1.54, 1.807) is 18.5 Å². The zero-order valence-electron chi connectivity index (χ0n) is 15.2. The minimum Gasteiger partial charge on any atom is -0.466 e. The Morgan fingerprint density at radius 3 is 2.81 bits per heavy atom. The molecule has 0 spiro atoms. The van der Waals surface area contributed by atoms with Crippen molar-refractivity contribution in [1.82, 2.24) is 15.2 Å². The average molecular weight is 398 g/mol. The van der Waals surface area contributed by atoms with Gasteiger partial charge in [0, 0.05) is 30.2 Å². The molecule has 27 heavy (non-hydrogen) atoms. The Labute approximate surface area is 159 Å². The van der Waals surface area contributed by atoms with Gasteiger partial charge in [-0.25, -0.2) is 18.6 Å². The first-order valence-corrected chi connectivity index (χ1v) is 9.28. The van der Waals surface area contributed by atoms with Crippen molar-refractivity contribution in [3.63, 3.8) is 0 Å². The molecule has 1 N–H and O–H groups in total. The number of alkyl halides is 2. The van der Waals surface area contributed by atoms with Crippen LogP contribution in [0.15, 0.2) is 27.8 Å². The van der Waals surface area contributed by atoms with Gasteiger partial charge in [-0.05, 0) is 13.8 Å². The van der Waals surface area contributed by atoms with Crippen LogP contribution in [0.25, 0.3) is 0 Å². The maximum absolute atomic E-state index is 13.9. The number of rotatable bonds is 5. The summed E-state index contributed by atoms with van der Waals surface area (Å²) in [5.41, 5.74) is 0.661. The molecule has 7 nitrogen and oxygen atoms in total. The van der Waals surface area contributed by atoms with Gasteiger partial charge in [-0.2, -0.15) is 0 Å². The standard InChI is InChI=1S/C17H20F2N4O3S/c1-9-13(16(25)26-3)11(22-14(21-9)15-20-4-5-27-15)7-23-8-17(18,19)6-12(23)10(2)24/h4-5,9,12H,6-8H2,1-3H3,(H,21,22). The highest BCUT2D eigenvalue weighted by atomic mass is 32.1. The second-order valence-corrected chi connectivity index (χ2v) is 7.49. The molecule has 3 rings (SSSR count). The van der Waals surface area contributed by atoms with Crippen LogP contribution in [0.2, 0.25) is 0 Å². The summed E-state index contributed by atoms with van der Waals surface area (Å²) in [4.78, 5) is 34.1. The number of aliphatic imine (C=N–C) groups is 1. The third-order valence-electron chi connectivity index (χ3n) is 4.57. The predicted molar refractivity (Wildman–Crippen MR) is 95.9 cm³/mol. The number of ether oxygens (including phenoxy) is 1. The Hall–Kier alpha value is -2.20. The van der Waals surface area contributed by atoms with E-state index in [4.69, 9.17) is 4.74 Å². The summed E-state index contributed by atoms with van der Waals surface area (Å²) in [6.45, 7) is 2.46. The Balaban J connectivity index is 1.93. The summed E-state index contributed by atoms with van der Waals surface area (Å²) in [5, 5.41) is 5.46. The summed E-state index contributed by atoms with van der Waals surface area (Å²) in [6.07, 6.45) is 1.10. The lowest BCUT2D eigenvalue weighted by atomic mass is 10.0. The van der Waals surface area contributed by atoms with Gasteiger partial charge in [-0.3, -0.25) is 14.7 Å². The molecule has 0 radical (unpaired) electrons. The van der Waals surface area contributed by atoms with Crippen molar-refractivity contribution < 1.29 is 23.1 Å². The highest BCUT2D eigenvalue weighted by molar-refractivity contribution is 7.11. The number of nitrogens with one attached hydrogen (secondary N) is 1. The summed E-state index contributed by atoms with van der Waals surface area (Å²) in [5.74, 6) is -3.40. The van der Waals surface area contributed by atoms with Crippen LogP contribution in [-0.2, 0) is 14.3 Å². The zero-order valence-corrected chi connectivity index (χ0v) is 16.0. The lowest BCUT2D eigenvalue weighted by Gasteiger charge is -2.29. The van der Waals surface area contributed by atoms with Crippen LogP contribution in [0.1, 0.15) is 25.3 Å². The van der Waals surface area contributed by atoms with E-state index >= 15 is 0 Å². The lowest BCUT2D eigenvalue weighted by molar-refractivity contribution is -0.136. The van der Waals surface area contributed by atoms with Gasteiger partial charge >= 0.3 is 5.97 Å². The van der Waals surface area contributed by atoms with Crippen LogP contribution in [0, 0.1) is 0 Å². The molecular weight excluding hydrogens is 378 g/mol. The second kappa shape index (κ2) is 7.43. The summed E-state index contributed by atoms with van der Waals surface area (Å²) in [7, 11) is 1.25. The van der Waals surface area contributed by atoms with Crippen molar-refractivity contribution in [2.75, 3.05) is 20.2 Å². The smallest absolute Gasteiger partial charge is 0.337 e. The number of likely N-dealkylation sites (tertiary alicyclic amines) is 1. The van der Waals surface area contributed by atoms with E-state index in [0.29, 0.717) is 16.5 Å². The van der Waals surface area contributed by atoms with Gasteiger partial charge in [0.15, 0.2) is 10.8 Å². The molecule has 1 fully saturated rings. The minimum absolute atomic E-state index is 0.0149. The molecule has 2 aliphatic rings. The van der Waals surface area contributed by atoms with E-state index in [0.717, 1.165) is 0 Å². The van der Waals surface area contributed by atoms with Crippen LogP contribution in [0.3, 0.4) is 0 Å². The van der Waals surface area contributed by atoms with Gasteiger partial charge in [0.2, 0.25) is 0 Å². The van der Waals surface area contributed by atoms with Gasteiger partial charge in [0.05, 0.1) is 31.3 Å². The number of amidine groups is 1. The highest BCUT2D eigenvalue weighted by Crippen LogP contribution is 2.33. The maximum Gasteiger partial charge on any atom is 0.337 e. The predicted octanol–water partition coefficient (Wildman–Crippen LogP) is 1.61. The number of hydrogen-bond donors (Lipinski definition) is 1. The van der Waals surface area contributed by atoms with Crippen LogP contribution < -0.4 is 5.32 Å². The minimum atomic E-state index is -2.95. The molecule has 2 unspecified atom stereocenters.